The van der Waals surface area contributed by atoms with Gasteiger partial charge in [0.15, 0.2) is 11.5 Å². The van der Waals surface area contributed by atoms with E-state index >= 15 is 0 Å². The largest absolute Gasteiger partial charge is 0.507 e. The number of phenolic OH excluding ortho intramolecular Hbond substituents is 3. The molecular formula is C20H22O10. The van der Waals surface area contributed by atoms with Crippen molar-refractivity contribution in [2.45, 2.75) is 43.2 Å². The van der Waals surface area contributed by atoms with Crippen molar-refractivity contribution in [2.24, 2.45) is 0 Å². The maximum Gasteiger partial charge on any atom is 0.228 e. The van der Waals surface area contributed by atoms with Gasteiger partial charge in [0.05, 0.1) is 12.7 Å². The third-order valence-corrected chi connectivity index (χ3v) is 5.21. The van der Waals surface area contributed by atoms with Gasteiger partial charge in [0.25, 0.3) is 0 Å². The van der Waals surface area contributed by atoms with Gasteiger partial charge in [-0.2, -0.15) is 0 Å². The van der Waals surface area contributed by atoms with Crippen molar-refractivity contribution >= 4 is 0 Å². The minimum atomic E-state index is -1.51. The summed E-state index contributed by atoms with van der Waals surface area (Å²) in [5.41, 5.74) is 0.757. The van der Waals surface area contributed by atoms with Gasteiger partial charge in [-0.25, -0.2) is 0 Å². The number of hydrogen-bond acceptors (Lipinski definition) is 10. The zero-order valence-corrected chi connectivity index (χ0v) is 15.6. The molecule has 2 aliphatic rings. The number of phenols is 3. The van der Waals surface area contributed by atoms with Gasteiger partial charge in [-0.3, -0.25) is 0 Å². The van der Waals surface area contributed by atoms with Crippen LogP contribution in [0.5, 0.6) is 28.7 Å². The van der Waals surface area contributed by atoms with E-state index in [1.807, 2.05) is 0 Å². The number of rotatable bonds is 3. The van der Waals surface area contributed by atoms with Crippen LogP contribution in [0.3, 0.4) is 0 Å². The molecule has 1 saturated heterocycles. The molecule has 2 aromatic rings. The number of hydrogen-bond donors (Lipinski definition) is 7. The Morgan fingerprint density at radius 2 is 1.60 bits per heavy atom. The van der Waals surface area contributed by atoms with Gasteiger partial charge in [0.1, 0.15) is 41.7 Å². The van der Waals surface area contributed by atoms with Gasteiger partial charge >= 0.3 is 0 Å². The molecular weight excluding hydrogens is 400 g/mol. The first-order valence-electron chi connectivity index (χ1n) is 9.29. The Balaban J connectivity index is 1.58. The highest BCUT2D eigenvalue weighted by Gasteiger charge is 2.39. The summed E-state index contributed by atoms with van der Waals surface area (Å²) in [6.07, 6.45) is -7.34. The van der Waals surface area contributed by atoms with Gasteiger partial charge in [0, 0.05) is 24.1 Å². The van der Waals surface area contributed by atoms with Crippen molar-refractivity contribution in [1.82, 2.24) is 0 Å². The normalized spacial score (nSPS) is 30.9. The van der Waals surface area contributed by atoms with Crippen LogP contribution in [-0.4, -0.2) is 73.1 Å². The summed E-state index contributed by atoms with van der Waals surface area (Å²) in [4.78, 5) is 0. The Morgan fingerprint density at radius 1 is 0.833 bits per heavy atom. The summed E-state index contributed by atoms with van der Waals surface area (Å²) in [6, 6.07) is 6.73. The van der Waals surface area contributed by atoms with Crippen LogP contribution in [0.4, 0.5) is 0 Å². The second-order valence-corrected chi connectivity index (χ2v) is 7.35. The quantitative estimate of drug-likeness (QED) is 0.325. The van der Waals surface area contributed by atoms with Crippen LogP contribution >= 0.6 is 0 Å². The molecule has 0 bridgehead atoms. The van der Waals surface area contributed by atoms with E-state index in [1.54, 1.807) is 0 Å². The zero-order valence-electron chi connectivity index (χ0n) is 15.6. The third kappa shape index (κ3) is 3.71. The molecule has 0 aliphatic carbocycles. The molecule has 4 rings (SSSR count). The topological polar surface area (TPSA) is 169 Å². The molecule has 30 heavy (non-hydrogen) atoms. The fourth-order valence-electron chi connectivity index (χ4n) is 3.54. The van der Waals surface area contributed by atoms with Crippen molar-refractivity contribution in [3.8, 4) is 28.7 Å². The predicted octanol–water partition coefficient (Wildman–Crippen LogP) is -0.342. The molecule has 2 aromatic carbocycles. The van der Waals surface area contributed by atoms with Crippen LogP contribution in [0.1, 0.15) is 17.2 Å². The lowest BCUT2D eigenvalue weighted by atomic mass is 9.94. The van der Waals surface area contributed by atoms with Crippen LogP contribution in [0.15, 0.2) is 30.3 Å². The number of fused-ring (bicyclic) bond motifs is 1. The number of aliphatic hydroxyl groups excluding tert-OH is 4. The Bertz CT molecular complexity index is 932. The molecule has 10 nitrogen and oxygen atoms in total. The maximum atomic E-state index is 10.5. The van der Waals surface area contributed by atoms with E-state index < -0.39 is 36.8 Å². The number of aliphatic hydroxyl groups is 4. The van der Waals surface area contributed by atoms with Gasteiger partial charge in [-0.1, -0.05) is 6.07 Å². The van der Waals surface area contributed by atoms with E-state index in [1.165, 1.54) is 30.3 Å². The summed E-state index contributed by atoms with van der Waals surface area (Å²) in [5.74, 6) is -0.602. The molecule has 0 unspecified atom stereocenters. The third-order valence-electron chi connectivity index (χ3n) is 5.21. The zero-order chi connectivity index (χ0) is 21.6. The summed E-state index contributed by atoms with van der Waals surface area (Å²) < 4.78 is 16.5. The van der Waals surface area contributed by atoms with Crippen molar-refractivity contribution in [3.05, 3.63) is 41.5 Å². The minimum Gasteiger partial charge on any atom is -0.507 e. The lowest BCUT2D eigenvalue weighted by Crippen LogP contribution is -2.54. The molecule has 0 spiro atoms. The van der Waals surface area contributed by atoms with Crippen molar-refractivity contribution < 1.29 is 50.0 Å². The lowest BCUT2D eigenvalue weighted by Gasteiger charge is -2.35. The van der Waals surface area contributed by atoms with Gasteiger partial charge in [-0.15, -0.1) is 0 Å². The van der Waals surface area contributed by atoms with Gasteiger partial charge in [-0.05, 0) is 17.7 Å². The summed E-state index contributed by atoms with van der Waals surface area (Å²) in [6.45, 7) is -0.241. The van der Waals surface area contributed by atoms with E-state index in [9.17, 15) is 35.7 Å². The maximum absolute atomic E-state index is 10.5. The second kappa shape index (κ2) is 7.82. The number of benzene rings is 2. The Hall–Kier alpha value is -2.76. The molecule has 162 valence electrons. The molecule has 2 heterocycles. The van der Waals surface area contributed by atoms with Crippen LogP contribution in [0.25, 0.3) is 0 Å². The van der Waals surface area contributed by atoms with Crippen molar-refractivity contribution in [3.63, 3.8) is 0 Å². The van der Waals surface area contributed by atoms with Crippen LogP contribution in [0, 0.1) is 0 Å². The fourth-order valence-corrected chi connectivity index (χ4v) is 3.54. The molecule has 0 radical (unpaired) electrons. The fraction of sp³-hybridized carbons (Fsp3) is 0.400. The predicted molar refractivity (Wildman–Crippen MR) is 99.3 cm³/mol. The molecule has 0 amide bonds. The summed E-state index contributed by atoms with van der Waals surface area (Å²) in [7, 11) is 0. The van der Waals surface area contributed by atoms with E-state index in [2.05, 4.69) is 0 Å². The van der Waals surface area contributed by atoms with Gasteiger partial charge < -0.3 is 50.0 Å². The van der Waals surface area contributed by atoms with E-state index in [0.29, 0.717) is 11.1 Å². The number of ether oxygens (including phenoxy) is 3. The standard InChI is InChI=1S/C20H22O10/c21-11-2-1-8(3-13(11)23)19-14(24)6-10-12(22)4-9(5-16(10)30-19)29-20-18(27)17(26)15(25)7-28-20/h1-5,14-15,17-27H,6-7H2/t14-,15-,17-,18-,19+,20-/m1/s1. The molecule has 6 atom stereocenters. The first kappa shape index (κ1) is 20.5. The Labute approximate surface area is 170 Å². The lowest BCUT2D eigenvalue weighted by molar-refractivity contribution is -0.242. The first-order chi connectivity index (χ1) is 14.2. The minimum absolute atomic E-state index is 0.0568. The van der Waals surface area contributed by atoms with E-state index in [0.717, 1.165) is 0 Å². The highest BCUT2D eigenvalue weighted by atomic mass is 16.7. The van der Waals surface area contributed by atoms with Crippen LogP contribution < -0.4 is 9.47 Å². The van der Waals surface area contributed by atoms with Crippen LogP contribution in [0.2, 0.25) is 0 Å². The molecule has 7 N–H and O–H groups in total. The Morgan fingerprint density at radius 3 is 2.33 bits per heavy atom. The van der Waals surface area contributed by atoms with E-state index in [4.69, 9.17) is 14.2 Å². The molecule has 2 aliphatic heterocycles. The van der Waals surface area contributed by atoms with Crippen molar-refractivity contribution in [1.29, 1.82) is 0 Å². The van der Waals surface area contributed by atoms with E-state index in [-0.39, 0.29) is 41.8 Å². The summed E-state index contributed by atoms with van der Waals surface area (Å²) >= 11 is 0. The highest BCUT2D eigenvalue weighted by Crippen LogP contribution is 2.43. The molecule has 0 aromatic heterocycles. The average Bonchev–Trinajstić information content (AvgIpc) is 2.71. The average molecular weight is 422 g/mol. The second-order valence-electron chi connectivity index (χ2n) is 7.35. The summed E-state index contributed by atoms with van der Waals surface area (Å²) in [5, 5.41) is 69.3. The molecule has 10 heteroatoms. The molecule has 1 fully saturated rings. The molecule has 0 saturated carbocycles. The van der Waals surface area contributed by atoms with Crippen molar-refractivity contribution in [2.75, 3.05) is 6.61 Å². The first-order valence-corrected chi connectivity index (χ1v) is 9.29. The highest BCUT2D eigenvalue weighted by molar-refractivity contribution is 5.52. The van der Waals surface area contributed by atoms with Gasteiger partial charge in [0.2, 0.25) is 6.29 Å². The number of aromatic hydroxyl groups is 3. The Kier molecular flexibility index (Phi) is 5.35. The SMILES string of the molecule is Oc1ccc([C@@H]2Oc3cc(O[C@H]4OC[C@@H](O)[C@@H](O)[C@H]4O)cc(O)c3C[C@H]2O)cc1O. The van der Waals surface area contributed by atoms with Crippen LogP contribution in [-0.2, 0) is 11.2 Å². The smallest absolute Gasteiger partial charge is 0.228 e. The monoisotopic (exact) mass is 422 g/mol.